The third-order valence-electron chi connectivity index (χ3n) is 1.79. The molecule has 0 saturated heterocycles. The van der Waals surface area contributed by atoms with Gasteiger partial charge in [0.25, 0.3) is 0 Å². The molecule has 0 aliphatic rings. The number of benzene rings is 1. The number of nitrogens with zero attached hydrogens (tertiary/aromatic N) is 3. The molecule has 0 fully saturated rings. The molecule has 1 aromatic carbocycles. The van der Waals surface area contributed by atoms with Gasteiger partial charge in [-0.3, -0.25) is 0 Å². The summed E-state index contributed by atoms with van der Waals surface area (Å²) in [6, 6.07) is 4.51. The van der Waals surface area contributed by atoms with Crippen molar-refractivity contribution in [2.45, 2.75) is 0 Å². The van der Waals surface area contributed by atoms with Gasteiger partial charge < -0.3 is 10.8 Å². The van der Waals surface area contributed by atoms with Gasteiger partial charge in [0.05, 0.1) is 5.56 Å². The summed E-state index contributed by atoms with van der Waals surface area (Å²) < 4.78 is 0. The molecule has 16 heavy (non-hydrogen) atoms. The number of anilines is 1. The van der Waals surface area contributed by atoms with Gasteiger partial charge in [0.15, 0.2) is 0 Å². The molecule has 0 radical (unpaired) electrons. The minimum Gasteiger partial charge on any atom is -0.478 e. The minimum absolute atomic E-state index is 0.128. The highest BCUT2D eigenvalue weighted by Crippen LogP contribution is 2.13. The monoisotopic (exact) mass is 218 g/mol. The second-order valence-electron chi connectivity index (χ2n) is 3.01. The lowest BCUT2D eigenvalue weighted by molar-refractivity contribution is 0.0697. The van der Waals surface area contributed by atoms with E-state index in [9.17, 15) is 4.79 Å². The maximum Gasteiger partial charge on any atom is 0.335 e. The minimum atomic E-state index is -1.03. The van der Waals surface area contributed by atoms with Crippen LogP contribution in [0.15, 0.2) is 29.4 Å². The average molecular weight is 218 g/mol. The lowest BCUT2D eigenvalue weighted by Crippen LogP contribution is -1.98. The molecule has 0 heterocycles. The number of hydrogen-bond donors (Lipinski definition) is 2. The van der Waals surface area contributed by atoms with Crippen LogP contribution in [0.25, 0.3) is 16.5 Å². The number of nitrogen functional groups attached to an aromatic ring is 1. The van der Waals surface area contributed by atoms with E-state index in [1.54, 1.807) is 18.2 Å². The van der Waals surface area contributed by atoms with Gasteiger partial charge >= 0.3 is 5.97 Å². The van der Waals surface area contributed by atoms with E-state index < -0.39 is 5.97 Å². The molecule has 0 atom stereocenters. The van der Waals surface area contributed by atoms with Crippen molar-refractivity contribution in [2.24, 2.45) is 5.11 Å². The maximum atomic E-state index is 10.7. The Balaban J connectivity index is 2.92. The van der Waals surface area contributed by atoms with Gasteiger partial charge in [0.1, 0.15) is 0 Å². The first-order valence-corrected chi connectivity index (χ1v) is 4.44. The van der Waals surface area contributed by atoms with Gasteiger partial charge in [-0.2, -0.15) is 0 Å². The Hall–Kier alpha value is -2.46. The van der Waals surface area contributed by atoms with Crippen LogP contribution in [0.4, 0.5) is 5.69 Å². The van der Waals surface area contributed by atoms with Crippen molar-refractivity contribution in [3.63, 3.8) is 0 Å². The number of carbonyl (C=O) groups is 1. The molecule has 0 aromatic heterocycles. The van der Waals surface area contributed by atoms with Crippen LogP contribution < -0.4 is 5.73 Å². The van der Waals surface area contributed by atoms with Crippen molar-refractivity contribution in [3.8, 4) is 0 Å². The third-order valence-corrected chi connectivity index (χ3v) is 1.79. The molecule has 0 amide bonds. The summed E-state index contributed by atoms with van der Waals surface area (Å²) in [6.07, 6.45) is 3.28. The van der Waals surface area contributed by atoms with E-state index in [1.807, 2.05) is 0 Å². The number of carboxylic acid groups (broad SMARTS) is 1. The highest BCUT2D eigenvalue weighted by molar-refractivity contribution is 5.89. The molecule has 0 aliphatic carbocycles. The van der Waals surface area contributed by atoms with Crippen molar-refractivity contribution in [1.29, 1.82) is 0 Å². The Morgan fingerprint density at radius 1 is 1.56 bits per heavy atom. The summed E-state index contributed by atoms with van der Waals surface area (Å²) in [6.45, 7) is 0.216. The lowest BCUT2D eigenvalue weighted by atomic mass is 10.1. The summed E-state index contributed by atoms with van der Waals surface area (Å²) >= 11 is 0. The van der Waals surface area contributed by atoms with E-state index in [4.69, 9.17) is 16.4 Å². The smallest absolute Gasteiger partial charge is 0.335 e. The third kappa shape index (κ3) is 3.36. The molecule has 3 N–H and O–H groups in total. The SMILES string of the molecule is [N-]=[N+]=NCC=Cc1cc(N)cc(C(=O)O)c1. The van der Waals surface area contributed by atoms with Gasteiger partial charge in [-0.1, -0.05) is 17.3 Å². The Morgan fingerprint density at radius 3 is 2.94 bits per heavy atom. The molecular weight excluding hydrogens is 208 g/mol. The first-order valence-electron chi connectivity index (χ1n) is 4.44. The van der Waals surface area contributed by atoms with Crippen LogP contribution in [-0.4, -0.2) is 17.6 Å². The normalized spacial score (nSPS) is 10.0. The summed E-state index contributed by atoms with van der Waals surface area (Å²) in [4.78, 5) is 13.3. The maximum absolute atomic E-state index is 10.7. The summed E-state index contributed by atoms with van der Waals surface area (Å²) in [7, 11) is 0. The summed E-state index contributed by atoms with van der Waals surface area (Å²) in [5.41, 5.74) is 14.8. The molecule has 82 valence electrons. The molecule has 0 saturated carbocycles. The Morgan fingerprint density at radius 2 is 2.31 bits per heavy atom. The lowest BCUT2D eigenvalue weighted by Gasteiger charge is -2.00. The number of rotatable bonds is 4. The number of hydrogen-bond acceptors (Lipinski definition) is 3. The van der Waals surface area contributed by atoms with Crippen molar-refractivity contribution >= 4 is 17.7 Å². The van der Waals surface area contributed by atoms with Crippen LogP contribution in [0.1, 0.15) is 15.9 Å². The van der Waals surface area contributed by atoms with Crippen LogP contribution in [0, 0.1) is 0 Å². The van der Waals surface area contributed by atoms with Gasteiger partial charge in [-0.15, -0.1) is 0 Å². The fourth-order valence-electron chi connectivity index (χ4n) is 1.17. The molecule has 0 aliphatic heterocycles. The Bertz CT molecular complexity index is 476. The summed E-state index contributed by atoms with van der Waals surface area (Å²) in [5.74, 6) is -1.03. The zero-order valence-corrected chi connectivity index (χ0v) is 8.37. The highest BCUT2D eigenvalue weighted by Gasteiger charge is 2.03. The molecule has 6 nitrogen and oxygen atoms in total. The molecule has 1 rings (SSSR count). The Labute approximate surface area is 91.6 Å². The predicted octanol–water partition coefficient (Wildman–Crippen LogP) is 2.29. The quantitative estimate of drug-likeness (QED) is 0.350. The fraction of sp³-hybridized carbons (Fsp3) is 0.100. The number of aromatic carboxylic acids is 1. The zero-order chi connectivity index (χ0) is 12.0. The van der Waals surface area contributed by atoms with E-state index in [2.05, 4.69) is 10.0 Å². The van der Waals surface area contributed by atoms with E-state index >= 15 is 0 Å². The van der Waals surface area contributed by atoms with Gasteiger partial charge in [0, 0.05) is 17.1 Å². The van der Waals surface area contributed by atoms with Gasteiger partial charge in [-0.05, 0) is 29.3 Å². The van der Waals surface area contributed by atoms with Crippen molar-refractivity contribution in [1.82, 2.24) is 0 Å². The topological polar surface area (TPSA) is 112 Å². The van der Waals surface area contributed by atoms with Gasteiger partial charge in [0.2, 0.25) is 0 Å². The van der Waals surface area contributed by atoms with E-state index in [1.165, 1.54) is 12.1 Å². The molecule has 1 aromatic rings. The van der Waals surface area contributed by atoms with E-state index in [0.29, 0.717) is 11.3 Å². The van der Waals surface area contributed by atoms with E-state index in [0.717, 1.165) is 0 Å². The van der Waals surface area contributed by atoms with Gasteiger partial charge in [-0.25, -0.2) is 4.79 Å². The first-order chi connectivity index (χ1) is 7.63. The van der Waals surface area contributed by atoms with Crippen molar-refractivity contribution < 1.29 is 9.90 Å². The summed E-state index contributed by atoms with van der Waals surface area (Å²) in [5, 5.41) is 12.1. The van der Waals surface area contributed by atoms with Crippen LogP contribution in [0.3, 0.4) is 0 Å². The second-order valence-corrected chi connectivity index (χ2v) is 3.01. The first kappa shape index (κ1) is 11.6. The molecule has 0 bridgehead atoms. The fourth-order valence-corrected chi connectivity index (χ4v) is 1.17. The van der Waals surface area contributed by atoms with Crippen LogP contribution in [0.5, 0.6) is 0 Å². The van der Waals surface area contributed by atoms with Crippen molar-refractivity contribution in [2.75, 3.05) is 12.3 Å². The van der Waals surface area contributed by atoms with Crippen LogP contribution >= 0.6 is 0 Å². The second kappa shape index (κ2) is 5.43. The number of nitrogens with two attached hydrogens (primary N) is 1. The van der Waals surface area contributed by atoms with E-state index in [-0.39, 0.29) is 12.1 Å². The zero-order valence-electron chi connectivity index (χ0n) is 8.37. The molecule has 0 unspecified atom stereocenters. The van der Waals surface area contributed by atoms with Crippen LogP contribution in [0.2, 0.25) is 0 Å². The Kier molecular flexibility index (Phi) is 3.94. The van der Waals surface area contributed by atoms with Crippen molar-refractivity contribution in [3.05, 3.63) is 45.8 Å². The highest BCUT2D eigenvalue weighted by atomic mass is 16.4. The number of carboxylic acids is 1. The molecule has 6 heteroatoms. The standard InChI is InChI=1S/C10H10N4O2/c11-9-5-7(2-1-3-13-14-12)4-8(6-9)10(15)16/h1-2,4-6H,3,11H2,(H,15,16). The predicted molar refractivity (Wildman–Crippen MR) is 60.9 cm³/mol. The molecular formula is C10H10N4O2. The largest absolute Gasteiger partial charge is 0.478 e. The number of azide groups is 1. The van der Waals surface area contributed by atoms with Crippen LogP contribution in [-0.2, 0) is 0 Å². The molecule has 0 spiro atoms. The average Bonchev–Trinajstić information content (AvgIpc) is 2.23.